The maximum Gasteiger partial charge on any atom is 0.122 e. The molecule has 0 aliphatic rings. The first kappa shape index (κ1) is 14.3. The molecule has 1 N–H and O–H groups in total. The second kappa shape index (κ2) is 5.92. The van der Waals surface area contributed by atoms with Crippen LogP contribution in [0.15, 0.2) is 22.7 Å². The molecule has 0 saturated carbocycles. The maximum atomic E-state index is 5.27. The normalized spacial score (nSPS) is 12.3. The van der Waals surface area contributed by atoms with Crippen molar-refractivity contribution >= 4 is 33.0 Å². The summed E-state index contributed by atoms with van der Waals surface area (Å²) in [5, 5.41) is 4.57. The van der Waals surface area contributed by atoms with Gasteiger partial charge in [0.15, 0.2) is 0 Å². The number of rotatable bonds is 4. The number of ether oxygens (including phenoxy) is 1. The summed E-state index contributed by atoms with van der Waals surface area (Å²) in [6, 6.07) is 6.13. The second-order valence-corrected chi connectivity index (χ2v) is 6.74. The number of hydrogen-bond donors (Lipinski definition) is 1. The monoisotopic (exact) mass is 340 g/mol. The second-order valence-electron chi connectivity index (χ2n) is 4.42. The molecule has 1 atom stereocenters. The summed E-state index contributed by atoms with van der Waals surface area (Å²) in [6.45, 7) is 6.27. The van der Waals surface area contributed by atoms with E-state index in [0.717, 1.165) is 26.6 Å². The Labute approximate surface area is 126 Å². The number of thiazole rings is 1. The van der Waals surface area contributed by atoms with Gasteiger partial charge in [-0.25, -0.2) is 4.98 Å². The molecular formula is C14H17BrN2OS. The average Bonchev–Trinajstić information content (AvgIpc) is 2.67. The van der Waals surface area contributed by atoms with E-state index in [1.165, 1.54) is 4.88 Å². The van der Waals surface area contributed by atoms with Crippen LogP contribution in [0, 0.1) is 13.8 Å². The predicted octanol–water partition coefficient (Wildman–Crippen LogP) is 4.70. The SMILES string of the molecule is COc1cc(Br)cc(NC(C)c2nc(C)sc2C)c1. The number of nitrogens with one attached hydrogen (secondary N) is 1. The highest BCUT2D eigenvalue weighted by molar-refractivity contribution is 9.10. The first-order valence-corrected chi connectivity index (χ1v) is 7.65. The summed E-state index contributed by atoms with van der Waals surface area (Å²) in [6.07, 6.45) is 0. The molecule has 1 aromatic heterocycles. The summed E-state index contributed by atoms with van der Waals surface area (Å²) >= 11 is 5.22. The van der Waals surface area contributed by atoms with Gasteiger partial charge in [-0.2, -0.15) is 0 Å². The lowest BCUT2D eigenvalue weighted by Gasteiger charge is -2.15. The lowest BCUT2D eigenvalue weighted by molar-refractivity contribution is 0.414. The van der Waals surface area contributed by atoms with Crippen LogP contribution in [0.3, 0.4) is 0 Å². The van der Waals surface area contributed by atoms with E-state index in [9.17, 15) is 0 Å². The summed E-state index contributed by atoms with van der Waals surface area (Å²) in [5.41, 5.74) is 2.13. The van der Waals surface area contributed by atoms with Crippen LogP contribution in [0.25, 0.3) is 0 Å². The minimum absolute atomic E-state index is 0.170. The molecule has 0 aliphatic carbocycles. The van der Waals surface area contributed by atoms with E-state index in [2.05, 4.69) is 40.1 Å². The maximum absolute atomic E-state index is 5.27. The van der Waals surface area contributed by atoms with Crippen LogP contribution in [0.2, 0.25) is 0 Å². The number of aromatic nitrogens is 1. The zero-order valence-corrected chi connectivity index (χ0v) is 13.9. The van der Waals surface area contributed by atoms with Gasteiger partial charge in [0.1, 0.15) is 5.75 Å². The van der Waals surface area contributed by atoms with Gasteiger partial charge < -0.3 is 10.1 Å². The summed E-state index contributed by atoms with van der Waals surface area (Å²) in [7, 11) is 1.67. The van der Waals surface area contributed by atoms with Crippen molar-refractivity contribution < 1.29 is 4.74 Å². The topological polar surface area (TPSA) is 34.1 Å². The zero-order chi connectivity index (χ0) is 14.0. The molecule has 0 fully saturated rings. The molecule has 5 heteroatoms. The highest BCUT2D eigenvalue weighted by Gasteiger charge is 2.13. The Morgan fingerprint density at radius 3 is 2.63 bits per heavy atom. The predicted molar refractivity (Wildman–Crippen MR) is 84.3 cm³/mol. The third-order valence-corrected chi connectivity index (χ3v) is 4.20. The van der Waals surface area contributed by atoms with E-state index in [1.54, 1.807) is 18.4 Å². The van der Waals surface area contributed by atoms with Crippen molar-refractivity contribution in [3.63, 3.8) is 0 Å². The molecule has 1 aromatic carbocycles. The standard InChI is InChI=1S/C14H17BrN2OS/c1-8(14-9(2)19-10(3)17-14)16-12-5-11(15)6-13(7-12)18-4/h5-8,16H,1-4H3. The first-order chi connectivity index (χ1) is 8.99. The van der Waals surface area contributed by atoms with Crippen molar-refractivity contribution in [3.8, 4) is 5.75 Å². The Morgan fingerprint density at radius 1 is 1.32 bits per heavy atom. The van der Waals surface area contributed by atoms with Crippen molar-refractivity contribution in [2.24, 2.45) is 0 Å². The number of benzene rings is 1. The van der Waals surface area contributed by atoms with Crippen LogP contribution in [-0.2, 0) is 0 Å². The number of nitrogens with zero attached hydrogens (tertiary/aromatic N) is 1. The van der Waals surface area contributed by atoms with Crippen LogP contribution in [-0.4, -0.2) is 12.1 Å². The van der Waals surface area contributed by atoms with Gasteiger partial charge in [0.2, 0.25) is 0 Å². The van der Waals surface area contributed by atoms with E-state index in [0.29, 0.717) is 0 Å². The largest absolute Gasteiger partial charge is 0.497 e. The van der Waals surface area contributed by atoms with Gasteiger partial charge in [-0.05, 0) is 32.9 Å². The van der Waals surface area contributed by atoms with Gasteiger partial charge in [0.05, 0.1) is 23.9 Å². The van der Waals surface area contributed by atoms with Gasteiger partial charge in [-0.1, -0.05) is 15.9 Å². The van der Waals surface area contributed by atoms with Crippen molar-refractivity contribution in [2.75, 3.05) is 12.4 Å². The Balaban J connectivity index is 2.21. The number of methoxy groups -OCH3 is 1. The Morgan fingerprint density at radius 2 is 2.05 bits per heavy atom. The van der Waals surface area contributed by atoms with Gasteiger partial charge in [-0.3, -0.25) is 0 Å². The molecule has 2 rings (SSSR count). The first-order valence-electron chi connectivity index (χ1n) is 6.04. The molecule has 1 heterocycles. The van der Waals surface area contributed by atoms with Gasteiger partial charge >= 0.3 is 0 Å². The molecule has 0 spiro atoms. The molecule has 0 aliphatic heterocycles. The fourth-order valence-electron chi connectivity index (χ4n) is 2.03. The van der Waals surface area contributed by atoms with Crippen molar-refractivity contribution in [2.45, 2.75) is 26.8 Å². The van der Waals surface area contributed by atoms with Gasteiger partial charge in [-0.15, -0.1) is 11.3 Å². The zero-order valence-electron chi connectivity index (χ0n) is 11.5. The summed E-state index contributed by atoms with van der Waals surface area (Å²) in [5.74, 6) is 0.829. The van der Waals surface area contributed by atoms with Crippen molar-refractivity contribution in [3.05, 3.63) is 38.3 Å². The van der Waals surface area contributed by atoms with E-state index < -0.39 is 0 Å². The van der Waals surface area contributed by atoms with Crippen LogP contribution >= 0.6 is 27.3 Å². The molecule has 1 unspecified atom stereocenters. The molecule has 0 amide bonds. The third kappa shape index (κ3) is 3.48. The lowest BCUT2D eigenvalue weighted by Crippen LogP contribution is -2.08. The Kier molecular flexibility index (Phi) is 4.47. The van der Waals surface area contributed by atoms with E-state index in [1.807, 2.05) is 25.1 Å². The van der Waals surface area contributed by atoms with E-state index in [-0.39, 0.29) is 6.04 Å². The molecule has 0 saturated heterocycles. The minimum atomic E-state index is 0.170. The molecule has 0 radical (unpaired) electrons. The number of hydrogen-bond acceptors (Lipinski definition) is 4. The fourth-order valence-corrected chi connectivity index (χ4v) is 3.42. The van der Waals surface area contributed by atoms with Crippen molar-refractivity contribution in [1.82, 2.24) is 4.98 Å². The molecule has 2 aromatic rings. The number of anilines is 1. The molecule has 102 valence electrons. The van der Waals surface area contributed by atoms with Crippen molar-refractivity contribution in [1.29, 1.82) is 0 Å². The van der Waals surface area contributed by atoms with Crippen LogP contribution in [0.1, 0.15) is 28.5 Å². The lowest BCUT2D eigenvalue weighted by atomic mass is 10.2. The molecule has 0 bridgehead atoms. The highest BCUT2D eigenvalue weighted by Crippen LogP contribution is 2.29. The minimum Gasteiger partial charge on any atom is -0.497 e. The molecule has 3 nitrogen and oxygen atoms in total. The summed E-state index contributed by atoms with van der Waals surface area (Å²) < 4.78 is 6.26. The average molecular weight is 341 g/mol. The number of aryl methyl sites for hydroxylation is 2. The van der Waals surface area contributed by atoms with Gasteiger partial charge in [0, 0.05) is 21.1 Å². The quantitative estimate of drug-likeness (QED) is 0.875. The van der Waals surface area contributed by atoms with Gasteiger partial charge in [0.25, 0.3) is 0 Å². The van der Waals surface area contributed by atoms with Crippen LogP contribution < -0.4 is 10.1 Å². The molecule has 19 heavy (non-hydrogen) atoms. The molecular weight excluding hydrogens is 324 g/mol. The highest BCUT2D eigenvalue weighted by atomic mass is 79.9. The smallest absolute Gasteiger partial charge is 0.122 e. The summed E-state index contributed by atoms with van der Waals surface area (Å²) in [4.78, 5) is 5.85. The Hall–Kier alpha value is -1.07. The number of halogens is 1. The van der Waals surface area contributed by atoms with Crippen LogP contribution in [0.5, 0.6) is 5.75 Å². The fraction of sp³-hybridized carbons (Fsp3) is 0.357. The third-order valence-electron chi connectivity index (χ3n) is 2.84. The van der Waals surface area contributed by atoms with E-state index in [4.69, 9.17) is 4.74 Å². The Bertz CT molecular complexity index is 583. The van der Waals surface area contributed by atoms with E-state index >= 15 is 0 Å². The van der Waals surface area contributed by atoms with Crippen LogP contribution in [0.4, 0.5) is 5.69 Å².